The van der Waals surface area contributed by atoms with Crippen LogP contribution in [0.5, 0.6) is 0 Å². The minimum atomic E-state index is -4.01. The van der Waals surface area contributed by atoms with Crippen LogP contribution < -0.4 is 9.62 Å². The monoisotopic (exact) mass is 601 g/mol. The van der Waals surface area contributed by atoms with Gasteiger partial charge in [0.2, 0.25) is 21.8 Å². The maximum absolute atomic E-state index is 13.5. The maximum atomic E-state index is 13.5. The molecule has 35 heavy (non-hydrogen) atoms. The Morgan fingerprint density at radius 1 is 0.914 bits per heavy atom. The fourth-order valence-electron chi connectivity index (χ4n) is 3.14. The van der Waals surface area contributed by atoms with Gasteiger partial charge in [0.1, 0.15) is 12.6 Å². The Balaban J connectivity index is 2.52. The van der Waals surface area contributed by atoms with Gasteiger partial charge in [-0.05, 0) is 45.0 Å². The van der Waals surface area contributed by atoms with Crippen molar-refractivity contribution in [1.82, 2.24) is 10.2 Å². The Morgan fingerprint density at radius 3 is 1.97 bits per heavy atom. The number of sulfonamides is 1. The number of hydrogen-bond acceptors (Lipinski definition) is 4. The Labute approximate surface area is 230 Å². The molecule has 2 aromatic rings. The van der Waals surface area contributed by atoms with Crippen LogP contribution in [-0.4, -0.2) is 50.0 Å². The van der Waals surface area contributed by atoms with Crippen molar-refractivity contribution < 1.29 is 18.0 Å². The van der Waals surface area contributed by atoms with E-state index < -0.39 is 34.4 Å². The van der Waals surface area contributed by atoms with Crippen molar-refractivity contribution in [2.75, 3.05) is 17.1 Å². The van der Waals surface area contributed by atoms with Gasteiger partial charge in [0, 0.05) is 28.2 Å². The number of nitrogens with zero attached hydrogens (tertiary/aromatic N) is 2. The molecule has 0 radical (unpaired) electrons. The van der Waals surface area contributed by atoms with Gasteiger partial charge in [-0.3, -0.25) is 13.9 Å². The summed E-state index contributed by atoms with van der Waals surface area (Å²) in [6.45, 7) is 4.27. The predicted octanol–water partition coefficient (Wildman–Crippen LogP) is 5.66. The molecule has 0 heterocycles. The van der Waals surface area contributed by atoms with Crippen molar-refractivity contribution in [2.45, 2.75) is 39.4 Å². The van der Waals surface area contributed by atoms with Crippen LogP contribution in [0.4, 0.5) is 5.69 Å². The van der Waals surface area contributed by atoms with Crippen molar-refractivity contribution >= 4 is 85.5 Å². The van der Waals surface area contributed by atoms with E-state index in [-0.39, 0.29) is 33.3 Å². The molecule has 0 bridgehead atoms. The van der Waals surface area contributed by atoms with Gasteiger partial charge in [0.05, 0.1) is 27.0 Å². The van der Waals surface area contributed by atoms with E-state index in [1.54, 1.807) is 32.0 Å². The zero-order chi connectivity index (χ0) is 26.7. The van der Waals surface area contributed by atoms with Gasteiger partial charge < -0.3 is 10.2 Å². The number of carbonyl (C=O) groups is 2. The smallest absolute Gasteiger partial charge is 0.244 e. The van der Waals surface area contributed by atoms with E-state index in [1.165, 1.54) is 24.0 Å². The molecule has 0 unspecified atom stereocenters. The largest absolute Gasteiger partial charge is 0.352 e. The Bertz CT molecular complexity index is 1200. The standard InChI is InChI=1S/C22H24Cl5N3O4S/c1-12(2)28-22(32)13(3)29(10-14-15(23)6-5-7-16(14)24)21(31)11-30(35(4,33)34)20-9-18(26)17(25)8-19(20)27/h5-9,12-13H,10-11H2,1-4H3,(H,28,32)/t13-/m1/s1. The molecule has 2 amide bonds. The molecule has 2 aromatic carbocycles. The zero-order valence-electron chi connectivity index (χ0n) is 19.3. The lowest BCUT2D eigenvalue weighted by molar-refractivity contribution is -0.139. The average Bonchev–Trinajstić information content (AvgIpc) is 2.73. The van der Waals surface area contributed by atoms with Gasteiger partial charge in [0.15, 0.2) is 0 Å². The van der Waals surface area contributed by atoms with Crippen molar-refractivity contribution in [3.05, 3.63) is 61.0 Å². The molecule has 192 valence electrons. The van der Waals surface area contributed by atoms with E-state index in [9.17, 15) is 18.0 Å². The van der Waals surface area contributed by atoms with E-state index in [4.69, 9.17) is 58.0 Å². The Morgan fingerprint density at radius 2 is 1.46 bits per heavy atom. The zero-order valence-corrected chi connectivity index (χ0v) is 23.9. The van der Waals surface area contributed by atoms with Crippen LogP contribution in [0.1, 0.15) is 26.3 Å². The molecule has 1 atom stereocenters. The molecule has 13 heteroatoms. The molecule has 0 aromatic heterocycles. The Kier molecular flexibility index (Phi) is 10.4. The predicted molar refractivity (Wildman–Crippen MR) is 143 cm³/mol. The second-order valence-corrected chi connectivity index (χ2v) is 12.0. The highest BCUT2D eigenvalue weighted by atomic mass is 35.5. The average molecular weight is 604 g/mol. The molecule has 0 aliphatic carbocycles. The first-order valence-corrected chi connectivity index (χ1v) is 14.0. The molecule has 1 N–H and O–H groups in total. The number of nitrogens with one attached hydrogen (secondary N) is 1. The number of halogens is 5. The number of benzene rings is 2. The highest BCUT2D eigenvalue weighted by Gasteiger charge is 2.32. The summed E-state index contributed by atoms with van der Waals surface area (Å²) in [5.74, 6) is -1.13. The van der Waals surface area contributed by atoms with Crippen LogP contribution in [-0.2, 0) is 26.2 Å². The highest BCUT2D eigenvalue weighted by molar-refractivity contribution is 7.92. The summed E-state index contributed by atoms with van der Waals surface area (Å²) in [4.78, 5) is 27.5. The van der Waals surface area contributed by atoms with Gasteiger partial charge in [-0.1, -0.05) is 64.1 Å². The fourth-order valence-corrected chi connectivity index (χ4v) is 5.20. The first kappa shape index (κ1) is 29.8. The summed E-state index contributed by atoms with van der Waals surface area (Å²) in [7, 11) is -4.01. The van der Waals surface area contributed by atoms with E-state index in [1.807, 2.05) is 0 Å². The van der Waals surface area contributed by atoms with E-state index >= 15 is 0 Å². The summed E-state index contributed by atoms with van der Waals surface area (Å²) < 4.78 is 26.1. The summed E-state index contributed by atoms with van der Waals surface area (Å²) >= 11 is 30.9. The third kappa shape index (κ3) is 7.78. The maximum Gasteiger partial charge on any atom is 0.244 e. The second-order valence-electron chi connectivity index (χ2n) is 8.05. The third-order valence-corrected chi connectivity index (χ3v) is 7.79. The van der Waals surface area contributed by atoms with Crippen molar-refractivity contribution in [2.24, 2.45) is 0 Å². The lowest BCUT2D eigenvalue weighted by atomic mass is 10.1. The topological polar surface area (TPSA) is 86.8 Å². The molecular formula is C22H24Cl5N3O4S. The molecule has 0 aliphatic heterocycles. The fraction of sp³-hybridized carbons (Fsp3) is 0.364. The van der Waals surface area contributed by atoms with Crippen molar-refractivity contribution in [3.8, 4) is 0 Å². The molecule has 0 spiro atoms. The molecule has 0 saturated heterocycles. The van der Waals surface area contributed by atoms with Crippen LogP contribution in [0, 0.1) is 0 Å². The van der Waals surface area contributed by atoms with Gasteiger partial charge in [-0.15, -0.1) is 0 Å². The van der Waals surface area contributed by atoms with Crippen LogP contribution in [0.3, 0.4) is 0 Å². The summed E-state index contributed by atoms with van der Waals surface area (Å²) in [5.41, 5.74) is 0.374. The minimum absolute atomic E-state index is 0.0241. The normalized spacial score (nSPS) is 12.4. The number of carbonyl (C=O) groups excluding carboxylic acids is 2. The van der Waals surface area contributed by atoms with Crippen LogP contribution >= 0.6 is 58.0 Å². The first-order chi connectivity index (χ1) is 16.1. The second kappa shape index (κ2) is 12.2. The SMILES string of the molecule is CC(C)NC(=O)[C@@H](C)N(Cc1c(Cl)cccc1Cl)C(=O)CN(c1cc(Cl)c(Cl)cc1Cl)S(C)(=O)=O. The van der Waals surface area contributed by atoms with Crippen LogP contribution in [0.2, 0.25) is 25.1 Å². The molecule has 0 aliphatic rings. The van der Waals surface area contributed by atoms with Gasteiger partial charge in [0.25, 0.3) is 0 Å². The van der Waals surface area contributed by atoms with Gasteiger partial charge in [-0.25, -0.2) is 8.42 Å². The van der Waals surface area contributed by atoms with Crippen LogP contribution in [0.25, 0.3) is 0 Å². The lowest BCUT2D eigenvalue weighted by Gasteiger charge is -2.32. The molecule has 7 nitrogen and oxygen atoms in total. The van der Waals surface area contributed by atoms with E-state index in [0.717, 1.165) is 10.6 Å². The highest BCUT2D eigenvalue weighted by Crippen LogP contribution is 2.36. The molecule has 0 fully saturated rings. The van der Waals surface area contributed by atoms with Crippen molar-refractivity contribution in [3.63, 3.8) is 0 Å². The number of anilines is 1. The summed E-state index contributed by atoms with van der Waals surface area (Å²) in [6, 6.07) is 6.21. The van der Waals surface area contributed by atoms with E-state index in [0.29, 0.717) is 15.6 Å². The lowest BCUT2D eigenvalue weighted by Crippen LogP contribution is -2.52. The summed E-state index contributed by atoms with van der Waals surface area (Å²) in [5, 5.41) is 3.48. The minimum Gasteiger partial charge on any atom is -0.352 e. The molecule has 0 saturated carbocycles. The Hall–Kier alpha value is -1.42. The summed E-state index contributed by atoms with van der Waals surface area (Å²) in [6.07, 6.45) is 0.920. The number of hydrogen-bond donors (Lipinski definition) is 1. The van der Waals surface area contributed by atoms with E-state index in [2.05, 4.69) is 5.32 Å². The molecule has 2 rings (SSSR count). The quantitative estimate of drug-likeness (QED) is 0.375. The first-order valence-electron chi connectivity index (χ1n) is 10.3. The van der Waals surface area contributed by atoms with Gasteiger partial charge >= 0.3 is 0 Å². The van der Waals surface area contributed by atoms with Crippen molar-refractivity contribution in [1.29, 1.82) is 0 Å². The van der Waals surface area contributed by atoms with Gasteiger partial charge in [-0.2, -0.15) is 0 Å². The number of rotatable bonds is 9. The molecular weight excluding hydrogens is 580 g/mol. The number of amides is 2. The van der Waals surface area contributed by atoms with Crippen LogP contribution in [0.15, 0.2) is 30.3 Å². The third-order valence-electron chi connectivity index (χ3n) is 4.93.